The Balaban J connectivity index is 1.84. The molecule has 2 aromatic rings. The number of rotatable bonds is 2. The Morgan fingerprint density at radius 1 is 1.30 bits per heavy atom. The molecule has 1 aliphatic rings. The van der Waals surface area contributed by atoms with Crippen LogP contribution < -0.4 is 16.3 Å². The van der Waals surface area contributed by atoms with Crippen LogP contribution in [0.2, 0.25) is 0 Å². The van der Waals surface area contributed by atoms with Crippen LogP contribution in [0.3, 0.4) is 0 Å². The number of nitrogens with one attached hydrogen (secondary N) is 2. The van der Waals surface area contributed by atoms with Crippen molar-refractivity contribution in [2.24, 2.45) is 4.99 Å². The van der Waals surface area contributed by atoms with Crippen LogP contribution in [-0.4, -0.2) is 24.8 Å². The summed E-state index contributed by atoms with van der Waals surface area (Å²) in [7, 11) is 0. The summed E-state index contributed by atoms with van der Waals surface area (Å²) in [6.07, 6.45) is 0.936. The minimum atomic E-state index is -0.393. The highest BCUT2D eigenvalue weighted by Gasteiger charge is 2.13. The fraction of sp³-hybridized carbons (Fsp3) is 0.214. The van der Waals surface area contributed by atoms with Crippen molar-refractivity contribution in [1.82, 2.24) is 5.32 Å². The van der Waals surface area contributed by atoms with Gasteiger partial charge in [-0.2, -0.15) is 0 Å². The number of amides is 1. The van der Waals surface area contributed by atoms with E-state index in [0.717, 1.165) is 18.4 Å². The Labute approximate surface area is 114 Å². The van der Waals surface area contributed by atoms with Crippen LogP contribution in [0.1, 0.15) is 6.42 Å². The standard InChI is InChI=1S/C14H13N3O3/c18-12-5-2-9-8-10(3-4-11(9)20-12)17-14(19)13-15-6-1-7-16-13/h2-5,8H,1,6-7H2,(H,15,16)(H,17,19). The van der Waals surface area contributed by atoms with Gasteiger partial charge < -0.3 is 15.1 Å². The highest BCUT2D eigenvalue weighted by atomic mass is 16.4. The average Bonchev–Trinajstić information content (AvgIpc) is 2.48. The molecule has 0 unspecified atom stereocenters. The molecule has 2 N–H and O–H groups in total. The quantitative estimate of drug-likeness (QED) is 0.802. The maximum atomic E-state index is 12.0. The van der Waals surface area contributed by atoms with Gasteiger partial charge in [-0.25, -0.2) is 4.79 Å². The number of anilines is 1. The molecule has 0 bridgehead atoms. The summed E-state index contributed by atoms with van der Waals surface area (Å²) in [6.45, 7) is 1.42. The fourth-order valence-electron chi connectivity index (χ4n) is 2.02. The molecule has 0 saturated heterocycles. The van der Waals surface area contributed by atoms with Gasteiger partial charge in [-0.05, 0) is 30.7 Å². The van der Waals surface area contributed by atoms with E-state index in [1.807, 2.05) is 0 Å². The summed E-state index contributed by atoms with van der Waals surface area (Å²) < 4.78 is 5.03. The molecule has 102 valence electrons. The van der Waals surface area contributed by atoms with Crippen LogP contribution >= 0.6 is 0 Å². The van der Waals surface area contributed by atoms with Gasteiger partial charge in [0, 0.05) is 30.2 Å². The number of nitrogens with zero attached hydrogens (tertiary/aromatic N) is 1. The number of carbonyl (C=O) groups excluding carboxylic acids is 1. The number of aliphatic imine (C=N–C) groups is 1. The Hall–Kier alpha value is -2.63. The predicted molar refractivity (Wildman–Crippen MR) is 76.0 cm³/mol. The first-order valence-electron chi connectivity index (χ1n) is 6.36. The summed E-state index contributed by atoms with van der Waals surface area (Å²) >= 11 is 0. The number of hydrogen-bond donors (Lipinski definition) is 2. The van der Waals surface area contributed by atoms with E-state index in [1.54, 1.807) is 24.3 Å². The molecule has 0 atom stereocenters. The third kappa shape index (κ3) is 2.54. The van der Waals surface area contributed by atoms with Gasteiger partial charge in [-0.1, -0.05) is 0 Å². The average molecular weight is 271 g/mol. The molecule has 3 rings (SSSR count). The van der Waals surface area contributed by atoms with Crippen molar-refractivity contribution < 1.29 is 9.21 Å². The molecule has 1 aliphatic heterocycles. The monoisotopic (exact) mass is 271 g/mol. The first-order valence-corrected chi connectivity index (χ1v) is 6.36. The van der Waals surface area contributed by atoms with Crippen LogP contribution in [0.4, 0.5) is 5.69 Å². The van der Waals surface area contributed by atoms with Gasteiger partial charge in [0.25, 0.3) is 5.91 Å². The molecule has 1 amide bonds. The molecule has 0 aliphatic carbocycles. The third-order valence-electron chi connectivity index (χ3n) is 2.99. The summed E-state index contributed by atoms with van der Waals surface area (Å²) in [5, 5.41) is 6.48. The molecular formula is C14H13N3O3. The van der Waals surface area contributed by atoms with Crippen molar-refractivity contribution in [1.29, 1.82) is 0 Å². The first-order chi connectivity index (χ1) is 9.72. The van der Waals surface area contributed by atoms with Crippen molar-refractivity contribution in [3.8, 4) is 0 Å². The minimum absolute atomic E-state index is 0.263. The highest BCUT2D eigenvalue weighted by Crippen LogP contribution is 2.17. The lowest BCUT2D eigenvalue weighted by Gasteiger charge is -2.14. The van der Waals surface area contributed by atoms with E-state index in [4.69, 9.17) is 4.42 Å². The van der Waals surface area contributed by atoms with Crippen molar-refractivity contribution in [2.45, 2.75) is 6.42 Å². The van der Waals surface area contributed by atoms with E-state index in [1.165, 1.54) is 6.07 Å². The molecule has 1 aromatic carbocycles. The van der Waals surface area contributed by atoms with Crippen molar-refractivity contribution >= 4 is 28.4 Å². The second-order valence-corrected chi connectivity index (χ2v) is 4.47. The zero-order valence-corrected chi connectivity index (χ0v) is 10.7. The maximum Gasteiger partial charge on any atom is 0.336 e. The van der Waals surface area contributed by atoms with E-state index in [0.29, 0.717) is 23.7 Å². The lowest BCUT2D eigenvalue weighted by atomic mass is 10.2. The molecule has 6 heteroatoms. The first kappa shape index (κ1) is 12.4. The Kier molecular flexibility index (Phi) is 3.20. The Morgan fingerprint density at radius 2 is 2.20 bits per heavy atom. The van der Waals surface area contributed by atoms with Gasteiger partial charge in [0.05, 0.1) is 0 Å². The Bertz CT molecular complexity index is 749. The van der Waals surface area contributed by atoms with E-state index in [9.17, 15) is 9.59 Å². The van der Waals surface area contributed by atoms with Gasteiger partial charge in [-0.15, -0.1) is 0 Å². The summed E-state index contributed by atoms with van der Waals surface area (Å²) in [4.78, 5) is 27.2. The van der Waals surface area contributed by atoms with Crippen LogP contribution in [-0.2, 0) is 4.79 Å². The molecule has 1 aromatic heterocycles. The Morgan fingerprint density at radius 3 is 3.00 bits per heavy atom. The van der Waals surface area contributed by atoms with Crippen LogP contribution in [0.5, 0.6) is 0 Å². The van der Waals surface area contributed by atoms with Gasteiger partial charge in [0.15, 0.2) is 5.84 Å². The number of amidine groups is 1. The number of hydrogen-bond acceptors (Lipinski definition) is 5. The van der Waals surface area contributed by atoms with E-state index >= 15 is 0 Å². The summed E-state index contributed by atoms with van der Waals surface area (Å²) in [5.41, 5.74) is 0.727. The normalized spacial score (nSPS) is 14.5. The zero-order valence-electron chi connectivity index (χ0n) is 10.7. The minimum Gasteiger partial charge on any atom is -0.423 e. The zero-order chi connectivity index (χ0) is 13.9. The predicted octanol–water partition coefficient (Wildman–Crippen LogP) is 1.12. The van der Waals surface area contributed by atoms with Crippen molar-refractivity contribution in [3.63, 3.8) is 0 Å². The fourth-order valence-corrected chi connectivity index (χ4v) is 2.02. The number of fused-ring (bicyclic) bond motifs is 1. The van der Waals surface area contributed by atoms with E-state index in [-0.39, 0.29) is 5.91 Å². The lowest BCUT2D eigenvalue weighted by molar-refractivity contribution is -0.110. The van der Waals surface area contributed by atoms with Crippen LogP contribution in [0.15, 0.2) is 44.5 Å². The molecule has 20 heavy (non-hydrogen) atoms. The van der Waals surface area contributed by atoms with Crippen LogP contribution in [0.25, 0.3) is 11.0 Å². The smallest absolute Gasteiger partial charge is 0.336 e. The SMILES string of the molecule is O=C(Nc1ccc2oc(=O)ccc2c1)C1=NCCCN1. The summed E-state index contributed by atoms with van der Waals surface area (Å²) in [5.74, 6) is 0.0948. The molecule has 0 radical (unpaired) electrons. The van der Waals surface area contributed by atoms with Gasteiger partial charge >= 0.3 is 5.63 Å². The summed E-state index contributed by atoms with van der Waals surface area (Å²) in [6, 6.07) is 8.10. The third-order valence-corrected chi connectivity index (χ3v) is 2.99. The van der Waals surface area contributed by atoms with Crippen LogP contribution in [0, 0.1) is 0 Å². The second-order valence-electron chi connectivity index (χ2n) is 4.47. The molecule has 6 nitrogen and oxygen atoms in total. The molecule has 0 fully saturated rings. The van der Waals surface area contributed by atoms with E-state index < -0.39 is 5.63 Å². The molecule has 0 spiro atoms. The highest BCUT2D eigenvalue weighted by molar-refractivity contribution is 6.42. The van der Waals surface area contributed by atoms with Crippen molar-refractivity contribution in [3.05, 3.63) is 40.8 Å². The lowest BCUT2D eigenvalue weighted by Crippen LogP contribution is -2.39. The topological polar surface area (TPSA) is 83.7 Å². The maximum absolute atomic E-state index is 12.0. The largest absolute Gasteiger partial charge is 0.423 e. The van der Waals surface area contributed by atoms with Gasteiger partial charge in [0.1, 0.15) is 5.58 Å². The van der Waals surface area contributed by atoms with Gasteiger partial charge in [-0.3, -0.25) is 9.79 Å². The van der Waals surface area contributed by atoms with Crippen molar-refractivity contribution in [2.75, 3.05) is 18.4 Å². The molecule has 0 saturated carbocycles. The van der Waals surface area contributed by atoms with Gasteiger partial charge in [0.2, 0.25) is 0 Å². The number of benzene rings is 1. The second kappa shape index (κ2) is 5.16. The molecule has 2 heterocycles. The molecular weight excluding hydrogens is 258 g/mol. The number of carbonyl (C=O) groups is 1. The van der Waals surface area contributed by atoms with E-state index in [2.05, 4.69) is 15.6 Å².